The topological polar surface area (TPSA) is 89.6 Å². The monoisotopic (exact) mass is 251 g/mol. The Hall–Kier alpha value is -1.60. The van der Waals surface area contributed by atoms with Gasteiger partial charge < -0.3 is 5.73 Å². The van der Waals surface area contributed by atoms with Gasteiger partial charge in [-0.2, -0.15) is 0 Å². The van der Waals surface area contributed by atoms with Gasteiger partial charge in [0.15, 0.2) is 5.16 Å². The van der Waals surface area contributed by atoms with Gasteiger partial charge in [-0.1, -0.05) is 0 Å². The summed E-state index contributed by atoms with van der Waals surface area (Å²) in [5.74, 6) is 0. The molecule has 17 heavy (non-hydrogen) atoms. The van der Waals surface area contributed by atoms with Gasteiger partial charge in [-0.05, 0) is 30.8 Å². The lowest BCUT2D eigenvalue weighted by Crippen LogP contribution is -2.12. The van der Waals surface area contributed by atoms with Gasteiger partial charge in [0.1, 0.15) is 0 Å². The third kappa shape index (κ3) is 2.56. The van der Waals surface area contributed by atoms with Crippen molar-refractivity contribution in [3.63, 3.8) is 0 Å². The normalized spacial score (nSPS) is 12.6. The predicted molar refractivity (Wildman–Crippen MR) is 64.8 cm³/mol. The van der Waals surface area contributed by atoms with Gasteiger partial charge >= 0.3 is 5.69 Å². The second-order valence-corrected chi connectivity index (χ2v) is 4.72. The van der Waals surface area contributed by atoms with Crippen molar-refractivity contribution in [2.75, 3.05) is 0 Å². The molecule has 0 aromatic carbocycles. The first-order valence-electron chi connectivity index (χ1n) is 5.08. The minimum atomic E-state index is -0.229. The molecule has 0 radical (unpaired) electrons. The van der Waals surface area contributed by atoms with Gasteiger partial charge in [-0.3, -0.25) is 9.55 Å². The molecule has 0 saturated carbocycles. The lowest BCUT2D eigenvalue weighted by molar-refractivity contribution is 0.764. The van der Waals surface area contributed by atoms with E-state index >= 15 is 0 Å². The summed E-state index contributed by atoms with van der Waals surface area (Å²) in [6.45, 7) is 1.88. The second kappa shape index (κ2) is 4.72. The molecule has 0 aliphatic rings. The van der Waals surface area contributed by atoms with E-state index in [1.807, 2.05) is 19.1 Å². The van der Waals surface area contributed by atoms with Crippen molar-refractivity contribution in [2.24, 2.45) is 12.8 Å². The summed E-state index contributed by atoms with van der Waals surface area (Å²) in [4.78, 5) is 16.3. The summed E-state index contributed by atoms with van der Waals surface area (Å²) in [7, 11) is 1.66. The molecular weight excluding hydrogens is 238 g/mol. The molecule has 2 aromatic heterocycles. The van der Waals surface area contributed by atoms with Crippen molar-refractivity contribution < 1.29 is 0 Å². The third-order valence-corrected chi connectivity index (χ3v) is 3.30. The Bertz CT molecular complexity index is 557. The minimum absolute atomic E-state index is 0.0798. The Morgan fingerprint density at radius 1 is 1.53 bits per heavy atom. The van der Waals surface area contributed by atoms with Crippen molar-refractivity contribution in [3.8, 4) is 0 Å². The molecule has 0 unspecified atom stereocenters. The van der Waals surface area contributed by atoms with Crippen LogP contribution in [0.25, 0.3) is 0 Å². The number of aromatic nitrogens is 4. The van der Waals surface area contributed by atoms with Crippen LogP contribution in [0, 0.1) is 0 Å². The van der Waals surface area contributed by atoms with Crippen LogP contribution >= 0.6 is 11.8 Å². The van der Waals surface area contributed by atoms with E-state index in [9.17, 15) is 4.79 Å². The fraction of sp³-hybridized carbons (Fsp3) is 0.300. The van der Waals surface area contributed by atoms with E-state index in [0.717, 1.165) is 10.6 Å². The average Bonchev–Trinajstić information content (AvgIpc) is 2.62. The fourth-order valence-electron chi connectivity index (χ4n) is 1.25. The number of nitrogens with zero attached hydrogens (tertiary/aromatic N) is 3. The Morgan fingerprint density at radius 2 is 2.29 bits per heavy atom. The van der Waals surface area contributed by atoms with E-state index < -0.39 is 0 Å². The molecule has 1 atom stereocenters. The number of nitrogens with one attached hydrogen (secondary N) is 1. The maximum absolute atomic E-state index is 11.2. The molecule has 0 aliphatic carbocycles. The number of hydrogen-bond acceptors (Lipinski definition) is 5. The number of pyridine rings is 1. The van der Waals surface area contributed by atoms with Crippen LogP contribution in [0.15, 0.2) is 33.2 Å². The molecule has 2 heterocycles. The molecular formula is C10H13N5OS. The molecule has 0 spiro atoms. The van der Waals surface area contributed by atoms with E-state index in [2.05, 4.69) is 15.2 Å². The smallest absolute Gasteiger partial charge is 0.323 e. The molecule has 3 N–H and O–H groups in total. The number of aromatic amines is 1. The summed E-state index contributed by atoms with van der Waals surface area (Å²) in [5.41, 5.74) is 6.32. The molecule has 0 amide bonds. The highest BCUT2D eigenvalue weighted by Gasteiger charge is 2.07. The molecule has 0 saturated heterocycles. The molecule has 90 valence electrons. The number of hydrogen-bond donors (Lipinski definition) is 2. The van der Waals surface area contributed by atoms with Crippen molar-refractivity contribution in [2.45, 2.75) is 23.0 Å². The van der Waals surface area contributed by atoms with Crippen LogP contribution in [-0.4, -0.2) is 19.7 Å². The Kier molecular flexibility index (Phi) is 3.30. The third-order valence-electron chi connectivity index (χ3n) is 2.27. The van der Waals surface area contributed by atoms with Crippen molar-refractivity contribution in [1.82, 2.24) is 19.7 Å². The van der Waals surface area contributed by atoms with Crippen LogP contribution in [-0.2, 0) is 7.05 Å². The molecule has 2 aromatic rings. The molecule has 0 aliphatic heterocycles. The zero-order valence-corrected chi connectivity index (χ0v) is 10.4. The minimum Gasteiger partial charge on any atom is -0.323 e. The van der Waals surface area contributed by atoms with Crippen LogP contribution < -0.4 is 11.4 Å². The van der Waals surface area contributed by atoms with Crippen molar-refractivity contribution in [3.05, 3.63) is 34.5 Å². The molecule has 2 rings (SSSR count). The first-order valence-corrected chi connectivity index (χ1v) is 5.90. The maximum Gasteiger partial charge on any atom is 0.343 e. The van der Waals surface area contributed by atoms with Gasteiger partial charge in [0, 0.05) is 24.2 Å². The van der Waals surface area contributed by atoms with E-state index in [4.69, 9.17) is 5.73 Å². The van der Waals surface area contributed by atoms with Gasteiger partial charge in [-0.15, -0.1) is 5.10 Å². The first kappa shape index (κ1) is 11.9. The van der Waals surface area contributed by atoms with Gasteiger partial charge in [0.2, 0.25) is 0 Å². The summed E-state index contributed by atoms with van der Waals surface area (Å²) in [6, 6.07) is 3.71. The van der Waals surface area contributed by atoms with Crippen LogP contribution in [0.4, 0.5) is 0 Å². The number of rotatable bonds is 3. The summed E-state index contributed by atoms with van der Waals surface area (Å²) in [5, 5.41) is 6.89. The van der Waals surface area contributed by atoms with Crippen LogP contribution in [0.5, 0.6) is 0 Å². The van der Waals surface area contributed by atoms with E-state index in [1.165, 1.54) is 16.3 Å². The average molecular weight is 251 g/mol. The highest BCUT2D eigenvalue weighted by atomic mass is 32.2. The number of H-pyrrole nitrogens is 1. The molecule has 7 heteroatoms. The quantitative estimate of drug-likeness (QED) is 0.837. The Labute approximate surface area is 102 Å². The zero-order chi connectivity index (χ0) is 12.4. The second-order valence-electron chi connectivity index (χ2n) is 3.68. The van der Waals surface area contributed by atoms with Crippen molar-refractivity contribution in [1.29, 1.82) is 0 Å². The van der Waals surface area contributed by atoms with Crippen LogP contribution in [0.2, 0.25) is 0 Å². The zero-order valence-electron chi connectivity index (χ0n) is 9.54. The summed E-state index contributed by atoms with van der Waals surface area (Å²) in [6.07, 6.45) is 1.72. The van der Waals surface area contributed by atoms with E-state index in [-0.39, 0.29) is 11.7 Å². The van der Waals surface area contributed by atoms with Gasteiger partial charge in [-0.25, -0.2) is 9.89 Å². The van der Waals surface area contributed by atoms with Gasteiger partial charge in [0.25, 0.3) is 0 Å². The lowest BCUT2D eigenvalue weighted by Gasteiger charge is -2.05. The van der Waals surface area contributed by atoms with E-state index in [1.54, 1.807) is 13.2 Å². The SMILES string of the molecule is C[C@H](N)c1ccc(Sc2n[nH]c(=O)n2C)cn1. The van der Waals surface area contributed by atoms with Gasteiger partial charge in [0.05, 0.1) is 5.69 Å². The van der Waals surface area contributed by atoms with Crippen LogP contribution in [0.1, 0.15) is 18.7 Å². The van der Waals surface area contributed by atoms with E-state index in [0.29, 0.717) is 5.16 Å². The predicted octanol–water partition coefficient (Wildman–Crippen LogP) is 0.674. The molecule has 6 nitrogen and oxygen atoms in total. The Balaban J connectivity index is 2.19. The fourth-order valence-corrected chi connectivity index (χ4v) is 2.01. The highest BCUT2D eigenvalue weighted by Crippen LogP contribution is 2.24. The summed E-state index contributed by atoms with van der Waals surface area (Å²) >= 11 is 1.37. The summed E-state index contributed by atoms with van der Waals surface area (Å²) < 4.78 is 1.45. The molecule has 0 fully saturated rings. The Morgan fingerprint density at radius 3 is 2.76 bits per heavy atom. The standard InChI is InChI=1S/C10H13N5OS/c1-6(11)8-4-3-7(5-12-8)17-10-14-13-9(16)15(10)2/h3-6H,11H2,1-2H3,(H,13,16)/t6-/m0/s1. The maximum atomic E-state index is 11.2. The lowest BCUT2D eigenvalue weighted by atomic mass is 10.2. The van der Waals surface area contributed by atoms with Crippen LogP contribution in [0.3, 0.4) is 0 Å². The molecule has 0 bridgehead atoms. The number of nitrogens with two attached hydrogens (primary N) is 1. The van der Waals surface area contributed by atoms with Crippen molar-refractivity contribution >= 4 is 11.8 Å². The highest BCUT2D eigenvalue weighted by molar-refractivity contribution is 7.99. The largest absolute Gasteiger partial charge is 0.343 e. The first-order chi connectivity index (χ1) is 8.08.